The summed E-state index contributed by atoms with van der Waals surface area (Å²) in [5.74, 6) is 0. The van der Waals surface area contributed by atoms with E-state index >= 15 is 0 Å². The zero-order valence-corrected chi connectivity index (χ0v) is 12.6. The molecule has 1 aliphatic rings. The van der Waals surface area contributed by atoms with Crippen LogP contribution < -0.4 is 5.32 Å². The Labute approximate surface area is 125 Å². The number of nitrogens with one attached hydrogen (secondary N) is 1. The molecule has 1 N–H and O–H groups in total. The molecule has 116 valence electrons. The van der Waals surface area contributed by atoms with Gasteiger partial charge < -0.3 is 10.1 Å². The molecule has 0 radical (unpaired) electrons. The molecule has 2 rings (SSSR count). The SMILES string of the molecule is CCCNC1CCC(OCc2cccc([N+](=O)[O-])c2)CC1. The van der Waals surface area contributed by atoms with Crippen LogP contribution in [0, 0.1) is 10.1 Å². The molecule has 0 aromatic heterocycles. The Bertz CT molecular complexity index is 457. The smallest absolute Gasteiger partial charge is 0.269 e. The Morgan fingerprint density at radius 1 is 1.33 bits per heavy atom. The van der Waals surface area contributed by atoms with Crippen molar-refractivity contribution in [3.8, 4) is 0 Å². The molecule has 1 saturated carbocycles. The van der Waals surface area contributed by atoms with Gasteiger partial charge in [-0.25, -0.2) is 0 Å². The molecule has 0 saturated heterocycles. The standard InChI is InChI=1S/C16H24N2O3/c1-2-10-17-14-6-8-16(9-7-14)21-12-13-4-3-5-15(11-13)18(19)20/h3-5,11,14,16-17H,2,6-10,12H2,1H3. The van der Waals surface area contributed by atoms with E-state index in [2.05, 4.69) is 12.2 Å². The Hall–Kier alpha value is -1.46. The van der Waals surface area contributed by atoms with Crippen LogP contribution in [0.1, 0.15) is 44.6 Å². The van der Waals surface area contributed by atoms with E-state index in [1.165, 1.54) is 12.5 Å². The lowest BCUT2D eigenvalue weighted by Gasteiger charge is -2.29. The number of hydrogen-bond acceptors (Lipinski definition) is 4. The summed E-state index contributed by atoms with van der Waals surface area (Å²) in [7, 11) is 0. The van der Waals surface area contributed by atoms with Gasteiger partial charge in [0, 0.05) is 18.2 Å². The molecule has 0 heterocycles. The van der Waals surface area contributed by atoms with Crippen LogP contribution in [0.3, 0.4) is 0 Å². The number of nitro benzene ring substituents is 1. The molecular weight excluding hydrogens is 268 g/mol. The molecule has 0 unspecified atom stereocenters. The van der Waals surface area contributed by atoms with Crippen molar-refractivity contribution in [3.63, 3.8) is 0 Å². The maximum absolute atomic E-state index is 10.7. The molecule has 5 heteroatoms. The zero-order valence-electron chi connectivity index (χ0n) is 12.6. The second kappa shape index (κ2) is 8.10. The number of nitro groups is 1. The Balaban J connectivity index is 1.74. The van der Waals surface area contributed by atoms with E-state index in [4.69, 9.17) is 4.74 Å². The third-order valence-electron chi connectivity index (χ3n) is 3.96. The Morgan fingerprint density at radius 2 is 2.10 bits per heavy atom. The lowest BCUT2D eigenvalue weighted by Crippen LogP contribution is -2.35. The van der Waals surface area contributed by atoms with E-state index in [0.29, 0.717) is 12.6 Å². The van der Waals surface area contributed by atoms with E-state index in [1.54, 1.807) is 12.1 Å². The third kappa shape index (κ3) is 5.10. The van der Waals surface area contributed by atoms with Crippen molar-refractivity contribution in [1.29, 1.82) is 0 Å². The average Bonchev–Trinajstić information content (AvgIpc) is 2.52. The minimum absolute atomic E-state index is 0.128. The van der Waals surface area contributed by atoms with Gasteiger partial charge in [0.2, 0.25) is 0 Å². The summed E-state index contributed by atoms with van der Waals surface area (Å²) < 4.78 is 5.91. The summed E-state index contributed by atoms with van der Waals surface area (Å²) in [4.78, 5) is 10.4. The fourth-order valence-corrected chi connectivity index (χ4v) is 2.76. The van der Waals surface area contributed by atoms with Crippen LogP contribution in [0.2, 0.25) is 0 Å². The van der Waals surface area contributed by atoms with Crippen LogP contribution in [0.4, 0.5) is 5.69 Å². The molecule has 0 amide bonds. The number of benzene rings is 1. The summed E-state index contributed by atoms with van der Waals surface area (Å²) in [6.45, 7) is 3.73. The number of non-ortho nitro benzene ring substituents is 1. The highest BCUT2D eigenvalue weighted by Crippen LogP contribution is 2.23. The monoisotopic (exact) mass is 292 g/mol. The lowest BCUT2D eigenvalue weighted by molar-refractivity contribution is -0.385. The van der Waals surface area contributed by atoms with Crippen molar-refractivity contribution >= 4 is 5.69 Å². The van der Waals surface area contributed by atoms with Crippen molar-refractivity contribution in [2.45, 2.75) is 57.8 Å². The van der Waals surface area contributed by atoms with Crippen LogP contribution in [-0.4, -0.2) is 23.6 Å². The summed E-state index contributed by atoms with van der Waals surface area (Å²) in [5, 5.41) is 14.3. The Kier molecular flexibility index (Phi) is 6.14. The van der Waals surface area contributed by atoms with Crippen molar-refractivity contribution in [2.75, 3.05) is 6.54 Å². The highest BCUT2D eigenvalue weighted by molar-refractivity contribution is 5.33. The highest BCUT2D eigenvalue weighted by Gasteiger charge is 2.21. The van der Waals surface area contributed by atoms with Gasteiger partial charge in [0.05, 0.1) is 17.6 Å². The van der Waals surface area contributed by atoms with Gasteiger partial charge in [-0.05, 0) is 44.2 Å². The number of rotatable bonds is 7. The van der Waals surface area contributed by atoms with Gasteiger partial charge in [-0.2, -0.15) is 0 Å². The largest absolute Gasteiger partial charge is 0.374 e. The molecule has 0 spiro atoms. The van der Waals surface area contributed by atoms with Crippen LogP contribution >= 0.6 is 0 Å². The van der Waals surface area contributed by atoms with Crippen LogP contribution in [0.15, 0.2) is 24.3 Å². The van der Waals surface area contributed by atoms with Crippen molar-refractivity contribution < 1.29 is 9.66 Å². The van der Waals surface area contributed by atoms with Crippen molar-refractivity contribution in [3.05, 3.63) is 39.9 Å². The molecule has 0 bridgehead atoms. The van der Waals surface area contributed by atoms with E-state index in [-0.39, 0.29) is 16.7 Å². The fraction of sp³-hybridized carbons (Fsp3) is 0.625. The normalized spacial score (nSPS) is 22.1. The van der Waals surface area contributed by atoms with Gasteiger partial charge in [0.15, 0.2) is 0 Å². The van der Waals surface area contributed by atoms with Gasteiger partial charge in [-0.3, -0.25) is 10.1 Å². The van der Waals surface area contributed by atoms with Gasteiger partial charge in [-0.1, -0.05) is 19.1 Å². The lowest BCUT2D eigenvalue weighted by atomic mass is 9.93. The maximum Gasteiger partial charge on any atom is 0.269 e. The van der Waals surface area contributed by atoms with Crippen molar-refractivity contribution in [1.82, 2.24) is 5.32 Å². The van der Waals surface area contributed by atoms with Crippen molar-refractivity contribution in [2.24, 2.45) is 0 Å². The van der Waals surface area contributed by atoms with Gasteiger partial charge >= 0.3 is 0 Å². The predicted octanol–water partition coefficient (Wildman–Crippen LogP) is 3.42. The number of nitrogens with zero attached hydrogens (tertiary/aromatic N) is 1. The first kappa shape index (κ1) is 15.9. The first-order chi connectivity index (χ1) is 10.2. The maximum atomic E-state index is 10.7. The van der Waals surface area contributed by atoms with Crippen LogP contribution in [0.5, 0.6) is 0 Å². The second-order valence-electron chi connectivity index (χ2n) is 5.67. The number of ether oxygens (including phenoxy) is 1. The van der Waals surface area contributed by atoms with Gasteiger partial charge in [0.25, 0.3) is 5.69 Å². The molecule has 1 aromatic carbocycles. The van der Waals surface area contributed by atoms with Crippen LogP contribution in [-0.2, 0) is 11.3 Å². The second-order valence-corrected chi connectivity index (χ2v) is 5.67. The third-order valence-corrected chi connectivity index (χ3v) is 3.96. The zero-order chi connectivity index (χ0) is 15.1. The Morgan fingerprint density at radius 3 is 2.76 bits per heavy atom. The molecular formula is C16H24N2O3. The molecule has 0 aliphatic heterocycles. The highest BCUT2D eigenvalue weighted by atomic mass is 16.6. The minimum atomic E-state index is -0.367. The molecule has 5 nitrogen and oxygen atoms in total. The minimum Gasteiger partial charge on any atom is -0.374 e. The first-order valence-corrected chi connectivity index (χ1v) is 7.77. The van der Waals surface area contributed by atoms with E-state index in [1.807, 2.05) is 6.07 Å². The average molecular weight is 292 g/mol. The predicted molar refractivity (Wildman–Crippen MR) is 82.2 cm³/mol. The van der Waals surface area contributed by atoms with Crippen LogP contribution in [0.25, 0.3) is 0 Å². The fourth-order valence-electron chi connectivity index (χ4n) is 2.76. The van der Waals surface area contributed by atoms with E-state index in [0.717, 1.165) is 37.8 Å². The molecule has 1 aliphatic carbocycles. The molecule has 1 fully saturated rings. The molecule has 0 atom stereocenters. The van der Waals surface area contributed by atoms with Gasteiger partial charge in [-0.15, -0.1) is 0 Å². The number of hydrogen-bond donors (Lipinski definition) is 1. The quantitative estimate of drug-likeness (QED) is 0.618. The first-order valence-electron chi connectivity index (χ1n) is 7.77. The topological polar surface area (TPSA) is 64.4 Å². The van der Waals surface area contributed by atoms with E-state index < -0.39 is 0 Å². The molecule has 21 heavy (non-hydrogen) atoms. The molecule has 1 aromatic rings. The van der Waals surface area contributed by atoms with Gasteiger partial charge in [0.1, 0.15) is 0 Å². The summed E-state index contributed by atoms with van der Waals surface area (Å²) >= 11 is 0. The summed E-state index contributed by atoms with van der Waals surface area (Å²) in [6, 6.07) is 7.31. The van der Waals surface area contributed by atoms with E-state index in [9.17, 15) is 10.1 Å². The summed E-state index contributed by atoms with van der Waals surface area (Å²) in [6.07, 6.45) is 5.89. The summed E-state index contributed by atoms with van der Waals surface area (Å²) in [5.41, 5.74) is 0.999.